The van der Waals surface area contributed by atoms with E-state index in [2.05, 4.69) is 5.32 Å². The van der Waals surface area contributed by atoms with E-state index in [4.69, 9.17) is 0 Å². The van der Waals surface area contributed by atoms with Gasteiger partial charge in [-0.15, -0.1) is 0 Å². The number of amides is 2. The zero-order valence-corrected chi connectivity index (χ0v) is 6.63. The third kappa shape index (κ3) is 0.866. The van der Waals surface area contributed by atoms with Gasteiger partial charge in [0.1, 0.15) is 5.82 Å². The minimum absolute atomic E-state index is 0.249. The lowest BCUT2D eigenvalue weighted by Crippen LogP contribution is -2.43. The average molecular weight is 187 g/mol. The van der Waals surface area contributed by atoms with Crippen LogP contribution in [-0.2, 0) is 10.2 Å². The van der Waals surface area contributed by atoms with Crippen LogP contribution in [0.5, 0.6) is 0 Å². The predicted octanol–water partition coefficient (Wildman–Crippen LogP) is -0.284. The lowest BCUT2D eigenvalue weighted by atomic mass is 10.6. The van der Waals surface area contributed by atoms with Crippen LogP contribution in [0.3, 0.4) is 0 Å². The maximum Gasteiger partial charge on any atom is 0.335 e. The standard InChI is InChI=1S/C5H5N3O3S/c9-5-6-4-2-1-3-8(4)12(10,11)7-5/h1-3H,(H2,6,7,9). The molecular formula is C5H5N3O3S. The first-order chi connectivity index (χ1) is 5.59. The summed E-state index contributed by atoms with van der Waals surface area (Å²) in [5.74, 6) is 0.249. The number of anilines is 1. The molecule has 2 amide bonds. The summed E-state index contributed by atoms with van der Waals surface area (Å²) in [5.41, 5.74) is 0. The second-order valence-electron chi connectivity index (χ2n) is 2.25. The molecule has 0 bridgehead atoms. The van der Waals surface area contributed by atoms with Crippen LogP contribution in [0.4, 0.5) is 10.6 Å². The summed E-state index contributed by atoms with van der Waals surface area (Å²) >= 11 is 0. The SMILES string of the molecule is O=C1Nc2cccn2S(=O)(=O)N1. The maximum atomic E-state index is 11.1. The van der Waals surface area contributed by atoms with Crippen molar-refractivity contribution >= 4 is 22.1 Å². The summed E-state index contributed by atoms with van der Waals surface area (Å²) in [5, 5.41) is 2.33. The summed E-state index contributed by atoms with van der Waals surface area (Å²) in [6, 6.07) is 2.29. The van der Waals surface area contributed by atoms with Crippen molar-refractivity contribution in [2.24, 2.45) is 0 Å². The third-order valence-corrected chi connectivity index (χ3v) is 2.71. The van der Waals surface area contributed by atoms with Gasteiger partial charge in [0.2, 0.25) is 0 Å². The van der Waals surface area contributed by atoms with Crippen molar-refractivity contribution in [2.75, 3.05) is 5.32 Å². The number of rotatable bonds is 0. The molecule has 2 rings (SSSR count). The normalized spacial score (nSPS) is 19.2. The van der Waals surface area contributed by atoms with Gasteiger partial charge in [-0.25, -0.2) is 13.5 Å². The van der Waals surface area contributed by atoms with Crippen LogP contribution in [0.2, 0.25) is 0 Å². The molecule has 1 aliphatic rings. The fraction of sp³-hybridized carbons (Fsp3) is 0. The molecule has 0 atom stereocenters. The van der Waals surface area contributed by atoms with Gasteiger partial charge in [0.15, 0.2) is 0 Å². The summed E-state index contributed by atoms with van der Waals surface area (Å²) < 4.78 is 25.0. The summed E-state index contributed by atoms with van der Waals surface area (Å²) in [4.78, 5) is 10.7. The molecule has 0 aromatic carbocycles. The Morgan fingerprint density at radius 1 is 1.42 bits per heavy atom. The van der Waals surface area contributed by atoms with Gasteiger partial charge in [0.25, 0.3) is 0 Å². The molecule has 0 saturated heterocycles. The first kappa shape index (κ1) is 7.17. The van der Waals surface area contributed by atoms with E-state index in [1.807, 2.05) is 0 Å². The molecule has 2 N–H and O–H groups in total. The average Bonchev–Trinajstić information content (AvgIpc) is 2.32. The van der Waals surface area contributed by atoms with Crippen LogP contribution < -0.4 is 10.0 Å². The van der Waals surface area contributed by atoms with Gasteiger partial charge in [-0.3, -0.25) is 5.32 Å². The van der Waals surface area contributed by atoms with Gasteiger partial charge < -0.3 is 0 Å². The van der Waals surface area contributed by atoms with Crippen LogP contribution in [0.15, 0.2) is 18.3 Å². The number of carbonyl (C=O) groups is 1. The van der Waals surface area contributed by atoms with Gasteiger partial charge in [-0.1, -0.05) is 0 Å². The Bertz CT molecular complexity index is 433. The predicted molar refractivity (Wildman–Crippen MR) is 40.9 cm³/mol. The quantitative estimate of drug-likeness (QED) is 0.586. The molecule has 1 aliphatic heterocycles. The van der Waals surface area contributed by atoms with Gasteiger partial charge in [-0.2, -0.15) is 8.42 Å². The van der Waals surface area contributed by atoms with Crippen molar-refractivity contribution < 1.29 is 13.2 Å². The zero-order valence-electron chi connectivity index (χ0n) is 5.81. The molecule has 1 aromatic heterocycles. The molecule has 64 valence electrons. The van der Waals surface area contributed by atoms with E-state index >= 15 is 0 Å². The van der Waals surface area contributed by atoms with Crippen molar-refractivity contribution in [1.29, 1.82) is 0 Å². The van der Waals surface area contributed by atoms with E-state index in [9.17, 15) is 13.2 Å². The smallest absolute Gasteiger partial charge is 0.292 e. The molecule has 0 spiro atoms. The molecule has 2 heterocycles. The Morgan fingerprint density at radius 2 is 2.17 bits per heavy atom. The highest BCUT2D eigenvalue weighted by atomic mass is 32.2. The number of urea groups is 1. The van der Waals surface area contributed by atoms with E-state index in [1.54, 1.807) is 4.72 Å². The van der Waals surface area contributed by atoms with E-state index in [0.29, 0.717) is 0 Å². The molecule has 0 aliphatic carbocycles. The number of hydrogen-bond donors (Lipinski definition) is 2. The summed E-state index contributed by atoms with van der Waals surface area (Å²) in [7, 11) is -3.69. The highest BCUT2D eigenvalue weighted by Crippen LogP contribution is 2.14. The number of carbonyl (C=O) groups excluding carboxylic acids is 1. The Balaban J connectivity index is 2.68. The second-order valence-corrected chi connectivity index (χ2v) is 3.80. The summed E-state index contributed by atoms with van der Waals surface area (Å²) in [6.07, 6.45) is 1.34. The molecule has 6 nitrogen and oxygen atoms in total. The molecular weight excluding hydrogens is 182 g/mol. The zero-order chi connectivity index (χ0) is 8.77. The Morgan fingerprint density at radius 3 is 2.92 bits per heavy atom. The van der Waals surface area contributed by atoms with Crippen molar-refractivity contribution in [3.05, 3.63) is 18.3 Å². The van der Waals surface area contributed by atoms with Gasteiger partial charge in [-0.05, 0) is 12.1 Å². The lowest BCUT2D eigenvalue weighted by molar-refractivity contribution is 0.256. The summed E-state index contributed by atoms with van der Waals surface area (Å²) in [6.45, 7) is 0. The number of aromatic nitrogens is 1. The van der Waals surface area contributed by atoms with Crippen LogP contribution in [0, 0.1) is 0 Å². The van der Waals surface area contributed by atoms with Crippen LogP contribution in [0.25, 0.3) is 0 Å². The monoisotopic (exact) mass is 187 g/mol. The van der Waals surface area contributed by atoms with Crippen LogP contribution >= 0.6 is 0 Å². The fourth-order valence-electron chi connectivity index (χ4n) is 0.981. The second kappa shape index (κ2) is 2.01. The van der Waals surface area contributed by atoms with E-state index in [0.717, 1.165) is 3.97 Å². The largest absolute Gasteiger partial charge is 0.335 e. The topological polar surface area (TPSA) is 80.2 Å². The lowest BCUT2D eigenvalue weighted by Gasteiger charge is -2.16. The third-order valence-electron chi connectivity index (χ3n) is 1.44. The Hall–Kier alpha value is -1.50. The van der Waals surface area contributed by atoms with Crippen molar-refractivity contribution in [1.82, 2.24) is 8.69 Å². The molecule has 0 unspecified atom stereocenters. The maximum absolute atomic E-state index is 11.1. The molecule has 1 aromatic rings. The number of nitrogens with one attached hydrogen (secondary N) is 2. The van der Waals surface area contributed by atoms with E-state index in [-0.39, 0.29) is 5.82 Å². The minimum atomic E-state index is -3.69. The van der Waals surface area contributed by atoms with E-state index < -0.39 is 16.2 Å². The number of nitrogens with zero attached hydrogens (tertiary/aromatic N) is 1. The minimum Gasteiger partial charge on any atom is -0.292 e. The van der Waals surface area contributed by atoms with Gasteiger partial charge in [0, 0.05) is 6.20 Å². The van der Waals surface area contributed by atoms with Gasteiger partial charge in [0.05, 0.1) is 0 Å². The van der Waals surface area contributed by atoms with Crippen molar-refractivity contribution in [3.63, 3.8) is 0 Å². The number of hydrogen-bond acceptors (Lipinski definition) is 3. The van der Waals surface area contributed by atoms with Crippen molar-refractivity contribution in [3.8, 4) is 0 Å². The molecule has 0 saturated carbocycles. The Labute approximate surface area is 68.4 Å². The highest BCUT2D eigenvalue weighted by Gasteiger charge is 2.24. The number of fused-ring (bicyclic) bond motifs is 1. The Kier molecular flexibility index (Phi) is 1.20. The molecule has 0 radical (unpaired) electrons. The highest BCUT2D eigenvalue weighted by molar-refractivity contribution is 7.88. The van der Waals surface area contributed by atoms with E-state index in [1.165, 1.54) is 18.3 Å². The molecule has 12 heavy (non-hydrogen) atoms. The first-order valence-electron chi connectivity index (χ1n) is 3.11. The van der Waals surface area contributed by atoms with Crippen molar-refractivity contribution in [2.45, 2.75) is 0 Å². The fourth-order valence-corrected chi connectivity index (χ4v) is 1.96. The first-order valence-corrected chi connectivity index (χ1v) is 4.55. The molecule has 7 heteroatoms. The van der Waals surface area contributed by atoms with Crippen LogP contribution in [0.1, 0.15) is 0 Å². The van der Waals surface area contributed by atoms with Gasteiger partial charge >= 0.3 is 16.2 Å². The van der Waals surface area contributed by atoms with Crippen LogP contribution in [-0.4, -0.2) is 18.4 Å². The molecule has 0 fully saturated rings.